The topological polar surface area (TPSA) is 158 Å². The molecule has 6 aromatic carbocycles. The molecule has 0 radical (unpaired) electrons. The van der Waals surface area contributed by atoms with Crippen molar-refractivity contribution in [3.63, 3.8) is 0 Å². The molecular weight excluding hydrogens is 827 g/mol. The van der Waals surface area contributed by atoms with Gasteiger partial charge in [0.05, 0.1) is 27.4 Å². The van der Waals surface area contributed by atoms with Crippen LogP contribution in [-0.2, 0) is 40.4 Å². The van der Waals surface area contributed by atoms with E-state index in [9.17, 15) is 24.3 Å². The Hall–Kier alpha value is -7.13. The fourth-order valence-electron chi connectivity index (χ4n) is 7.61. The van der Waals surface area contributed by atoms with Gasteiger partial charge in [-0.3, -0.25) is 14.4 Å². The summed E-state index contributed by atoms with van der Waals surface area (Å²) in [7, 11) is 0. The second kappa shape index (κ2) is 17.8. The van der Waals surface area contributed by atoms with Crippen molar-refractivity contribution in [3.8, 4) is 28.7 Å². The fraction of sp³-hybridized carbons (Fsp3) is 0.163. The first kappa shape index (κ1) is 41.6. The van der Waals surface area contributed by atoms with Gasteiger partial charge in [-0.05, 0) is 101 Å². The zero-order valence-corrected chi connectivity index (χ0v) is 34.7. The van der Waals surface area contributed by atoms with Gasteiger partial charge in [-0.15, -0.1) is 0 Å². The number of benzene rings is 6. The third kappa shape index (κ3) is 9.12. The number of carboxylic acid groups (broad SMARTS) is 1. The Kier molecular flexibility index (Phi) is 12.0. The molecule has 8 rings (SSSR count). The summed E-state index contributed by atoms with van der Waals surface area (Å²) >= 11 is 12.2. The van der Waals surface area contributed by atoms with Crippen LogP contribution in [0, 0.1) is 18.3 Å². The number of nitriles is 1. The van der Waals surface area contributed by atoms with Gasteiger partial charge in [-0.25, -0.2) is 4.79 Å². The highest BCUT2D eigenvalue weighted by Gasteiger charge is 2.39. The predicted molar refractivity (Wildman–Crippen MR) is 234 cm³/mol. The van der Waals surface area contributed by atoms with E-state index in [2.05, 4.69) is 16.7 Å². The van der Waals surface area contributed by atoms with Gasteiger partial charge < -0.3 is 30.1 Å². The standard InChI is InChI=1S/C49H38Cl2N4O7/c1-28-3-2-4-35(19-28)48(58)55-26-37-24-44-41(53-47(57)45(62-44)34-14-16-38(17-15-34)61-27-31-9-18-39(50)40(51)20-31)22-36(37)23-43(55)46(56)54-42(49(59)60)21-29-5-10-32(11-6-29)33-12-7-30(25-52)8-13-33/h2-20,22,24,42-43,45H,21,23,26-27H2,1H3,(H,53,57)(H,54,56)(H,59,60). The van der Waals surface area contributed by atoms with Gasteiger partial charge in [0.2, 0.25) is 12.0 Å². The minimum atomic E-state index is -1.29. The molecule has 0 fully saturated rings. The third-order valence-corrected chi connectivity index (χ3v) is 11.7. The van der Waals surface area contributed by atoms with Gasteiger partial charge >= 0.3 is 5.97 Å². The number of nitrogens with one attached hydrogen (secondary N) is 2. The van der Waals surface area contributed by atoms with Crippen LogP contribution in [-0.4, -0.2) is 45.8 Å². The lowest BCUT2D eigenvalue weighted by Crippen LogP contribution is -2.56. The second-order valence-electron chi connectivity index (χ2n) is 15.2. The number of nitrogens with zero attached hydrogens (tertiary/aromatic N) is 2. The number of anilines is 1. The normalized spacial score (nSPS) is 15.8. The lowest BCUT2D eigenvalue weighted by atomic mass is 9.91. The predicted octanol–water partition coefficient (Wildman–Crippen LogP) is 8.87. The Morgan fingerprint density at radius 3 is 2.27 bits per heavy atom. The van der Waals surface area contributed by atoms with E-state index in [1.54, 1.807) is 91.0 Å². The zero-order valence-electron chi connectivity index (χ0n) is 33.2. The summed E-state index contributed by atoms with van der Waals surface area (Å²) in [5.41, 5.74) is 7.52. The molecule has 0 aliphatic carbocycles. The first-order chi connectivity index (χ1) is 29.9. The van der Waals surface area contributed by atoms with Crippen LogP contribution in [0.15, 0.2) is 127 Å². The van der Waals surface area contributed by atoms with Crippen molar-refractivity contribution in [3.05, 3.63) is 182 Å². The van der Waals surface area contributed by atoms with Crippen LogP contribution >= 0.6 is 23.2 Å². The Morgan fingerprint density at radius 2 is 1.60 bits per heavy atom. The second-order valence-corrected chi connectivity index (χ2v) is 16.0. The molecule has 6 aromatic rings. The fourth-order valence-corrected chi connectivity index (χ4v) is 7.93. The molecular formula is C49H38Cl2N4O7. The Bertz CT molecular complexity index is 2750. The van der Waals surface area contributed by atoms with E-state index in [4.69, 9.17) is 37.9 Å². The van der Waals surface area contributed by atoms with Crippen molar-refractivity contribution >= 4 is 52.6 Å². The number of hydrogen-bond acceptors (Lipinski definition) is 7. The average Bonchev–Trinajstić information content (AvgIpc) is 3.28. The molecule has 62 heavy (non-hydrogen) atoms. The minimum Gasteiger partial charge on any atom is -0.489 e. The van der Waals surface area contributed by atoms with Crippen LogP contribution in [0.4, 0.5) is 5.69 Å². The van der Waals surface area contributed by atoms with E-state index in [0.717, 1.165) is 22.3 Å². The number of carboxylic acids is 1. The molecule has 0 saturated heterocycles. The molecule has 2 heterocycles. The van der Waals surface area contributed by atoms with Crippen molar-refractivity contribution in [2.24, 2.45) is 0 Å². The highest BCUT2D eigenvalue weighted by molar-refractivity contribution is 6.42. The molecule has 0 aromatic heterocycles. The summed E-state index contributed by atoms with van der Waals surface area (Å²) in [6.07, 6.45) is -0.922. The van der Waals surface area contributed by atoms with Crippen LogP contribution in [0.2, 0.25) is 10.0 Å². The van der Waals surface area contributed by atoms with Crippen molar-refractivity contribution in [1.82, 2.24) is 10.2 Å². The Morgan fingerprint density at radius 1 is 0.887 bits per heavy atom. The van der Waals surface area contributed by atoms with Gasteiger partial charge in [0, 0.05) is 30.5 Å². The average molecular weight is 866 g/mol. The van der Waals surface area contributed by atoms with Gasteiger partial charge in [0.1, 0.15) is 30.2 Å². The molecule has 3 amide bonds. The largest absolute Gasteiger partial charge is 0.489 e. The summed E-state index contributed by atoms with van der Waals surface area (Å²) in [6, 6.07) is 37.0. The molecule has 0 saturated carbocycles. The molecule has 0 bridgehead atoms. The maximum Gasteiger partial charge on any atom is 0.326 e. The summed E-state index contributed by atoms with van der Waals surface area (Å²) in [5, 5.41) is 25.9. The van der Waals surface area contributed by atoms with Gasteiger partial charge in [-0.1, -0.05) is 95.5 Å². The molecule has 2 aliphatic heterocycles. The van der Waals surface area contributed by atoms with Gasteiger partial charge in [0.25, 0.3) is 11.8 Å². The van der Waals surface area contributed by atoms with Crippen LogP contribution in [0.25, 0.3) is 11.1 Å². The van der Waals surface area contributed by atoms with Crippen molar-refractivity contribution < 1.29 is 33.8 Å². The SMILES string of the molecule is Cc1cccc(C(=O)N2Cc3cc4c(cc3CC2C(=O)NC(Cc2ccc(-c3ccc(C#N)cc3)cc2)C(=O)O)NC(=O)C(c2ccc(OCc3ccc(Cl)c(Cl)c3)cc2)O4)c1. The van der Waals surface area contributed by atoms with Crippen molar-refractivity contribution in [1.29, 1.82) is 5.26 Å². The number of carbonyl (C=O) groups is 4. The monoisotopic (exact) mass is 864 g/mol. The lowest BCUT2D eigenvalue weighted by Gasteiger charge is -2.37. The highest BCUT2D eigenvalue weighted by atomic mass is 35.5. The third-order valence-electron chi connectivity index (χ3n) is 10.9. The number of carbonyl (C=O) groups excluding carboxylic acids is 3. The number of hydrogen-bond donors (Lipinski definition) is 3. The number of rotatable bonds is 11. The number of aryl methyl sites for hydroxylation is 1. The molecule has 2 aliphatic rings. The van der Waals surface area contributed by atoms with Crippen molar-refractivity contribution in [2.45, 2.75) is 51.1 Å². The van der Waals surface area contributed by atoms with E-state index >= 15 is 0 Å². The van der Waals surface area contributed by atoms with Gasteiger partial charge in [0.15, 0.2) is 0 Å². The van der Waals surface area contributed by atoms with Crippen LogP contribution in [0.1, 0.15) is 55.4 Å². The number of amides is 3. The molecule has 11 nitrogen and oxygen atoms in total. The summed E-state index contributed by atoms with van der Waals surface area (Å²) in [6.45, 7) is 2.15. The number of halogens is 2. The van der Waals surface area contributed by atoms with E-state index in [1.165, 1.54) is 4.90 Å². The van der Waals surface area contributed by atoms with Crippen LogP contribution in [0.5, 0.6) is 11.5 Å². The smallest absolute Gasteiger partial charge is 0.326 e. The highest BCUT2D eigenvalue weighted by Crippen LogP contribution is 2.40. The molecule has 3 unspecified atom stereocenters. The summed E-state index contributed by atoms with van der Waals surface area (Å²) in [5.74, 6) is -1.66. The maximum absolute atomic E-state index is 14.2. The summed E-state index contributed by atoms with van der Waals surface area (Å²) in [4.78, 5) is 56.0. The van der Waals surface area contributed by atoms with E-state index in [1.807, 2.05) is 43.3 Å². The van der Waals surface area contributed by atoms with Gasteiger partial charge in [-0.2, -0.15) is 5.26 Å². The van der Waals surface area contributed by atoms with Crippen molar-refractivity contribution in [2.75, 3.05) is 5.32 Å². The number of ether oxygens (including phenoxy) is 2. The van der Waals surface area contributed by atoms with Crippen LogP contribution in [0.3, 0.4) is 0 Å². The first-order valence-electron chi connectivity index (χ1n) is 19.7. The Labute approximate surface area is 367 Å². The van der Waals surface area contributed by atoms with E-state index < -0.39 is 41.9 Å². The van der Waals surface area contributed by atoms with E-state index in [0.29, 0.717) is 60.6 Å². The quantitative estimate of drug-likeness (QED) is 0.117. The Balaban J connectivity index is 1.00. The molecule has 13 heteroatoms. The molecule has 3 atom stereocenters. The maximum atomic E-state index is 14.2. The van der Waals surface area contributed by atoms with Crippen LogP contribution < -0.4 is 20.1 Å². The number of fused-ring (bicyclic) bond motifs is 2. The van der Waals surface area contributed by atoms with E-state index in [-0.39, 0.29) is 26.0 Å². The minimum absolute atomic E-state index is 0.00359. The summed E-state index contributed by atoms with van der Waals surface area (Å²) < 4.78 is 12.2. The first-order valence-corrected chi connectivity index (χ1v) is 20.5. The molecule has 0 spiro atoms. The zero-order chi connectivity index (χ0) is 43.5. The number of aliphatic carboxylic acids is 1. The molecule has 3 N–H and O–H groups in total. The molecule has 310 valence electrons. The lowest BCUT2D eigenvalue weighted by molar-refractivity contribution is -0.142.